The number of unbranched alkanes of at least 4 members (excludes halogenated alkanes) is 3. The van der Waals surface area contributed by atoms with Crippen molar-refractivity contribution >= 4 is 11.6 Å². The van der Waals surface area contributed by atoms with E-state index in [9.17, 15) is 9.59 Å². The predicted octanol–water partition coefficient (Wildman–Crippen LogP) is 4.23. The molecule has 0 saturated carbocycles. The molecular weight excluding hydrogens is 266 g/mol. The monoisotopic (exact) mass is 293 g/mol. The van der Waals surface area contributed by atoms with E-state index in [-0.39, 0.29) is 11.6 Å². The van der Waals surface area contributed by atoms with Crippen LogP contribution >= 0.6 is 0 Å². The van der Waals surface area contributed by atoms with Gasteiger partial charge < -0.3 is 9.53 Å². The van der Waals surface area contributed by atoms with Crippen molar-refractivity contribution in [2.75, 3.05) is 6.61 Å². The number of rotatable bonds is 9. The zero-order valence-electron chi connectivity index (χ0n) is 13.6. The van der Waals surface area contributed by atoms with Crippen LogP contribution < -0.4 is 4.74 Å². The molecular formula is C17H27NO3. The van der Waals surface area contributed by atoms with Gasteiger partial charge in [0, 0.05) is 18.2 Å². The first-order valence-corrected chi connectivity index (χ1v) is 7.68. The standard InChI is InChI=1S/C15H21NO3.C2H6/c1-12(17)7-5-3-4-6-8-19-15-9-14(13(2)18)10-16-11-15;1-2/h9-11H,3-8H2,1-2H3;1-2H3. The number of aromatic nitrogens is 1. The third-order valence-electron chi connectivity index (χ3n) is 2.81. The van der Waals surface area contributed by atoms with Gasteiger partial charge in [0.05, 0.1) is 12.8 Å². The predicted molar refractivity (Wildman–Crippen MR) is 84.9 cm³/mol. The van der Waals surface area contributed by atoms with Gasteiger partial charge in [-0.05, 0) is 32.8 Å². The normalized spacial score (nSPS) is 9.52. The number of Topliss-reactive ketones (excluding diaryl/α,β-unsaturated/α-hetero) is 2. The average Bonchev–Trinajstić information content (AvgIpc) is 2.48. The molecule has 4 heteroatoms. The van der Waals surface area contributed by atoms with Crippen molar-refractivity contribution in [2.24, 2.45) is 0 Å². The minimum atomic E-state index is -0.0119. The van der Waals surface area contributed by atoms with Crippen LogP contribution in [0.3, 0.4) is 0 Å². The summed E-state index contributed by atoms with van der Waals surface area (Å²) in [4.78, 5) is 25.9. The zero-order valence-corrected chi connectivity index (χ0v) is 13.6. The molecule has 0 spiro atoms. The summed E-state index contributed by atoms with van der Waals surface area (Å²) in [7, 11) is 0. The van der Waals surface area contributed by atoms with Crippen LogP contribution in [0.15, 0.2) is 18.5 Å². The Morgan fingerprint density at radius 3 is 2.33 bits per heavy atom. The molecule has 0 aromatic carbocycles. The van der Waals surface area contributed by atoms with Crippen molar-refractivity contribution < 1.29 is 14.3 Å². The molecule has 0 bridgehead atoms. The minimum absolute atomic E-state index is 0.0119. The first-order chi connectivity index (χ1) is 10.1. The maximum absolute atomic E-state index is 11.2. The lowest BCUT2D eigenvalue weighted by Gasteiger charge is -2.06. The van der Waals surface area contributed by atoms with Gasteiger partial charge in [0.2, 0.25) is 0 Å². The van der Waals surface area contributed by atoms with E-state index in [0.717, 1.165) is 25.7 Å². The van der Waals surface area contributed by atoms with Crippen molar-refractivity contribution in [3.63, 3.8) is 0 Å². The number of hydrogen-bond acceptors (Lipinski definition) is 4. The molecule has 0 amide bonds. The quantitative estimate of drug-likeness (QED) is 0.505. The Hall–Kier alpha value is -1.71. The van der Waals surface area contributed by atoms with Crippen LogP contribution in [0.25, 0.3) is 0 Å². The maximum Gasteiger partial charge on any atom is 0.161 e. The molecule has 1 aromatic rings. The molecule has 0 aliphatic carbocycles. The van der Waals surface area contributed by atoms with Gasteiger partial charge >= 0.3 is 0 Å². The van der Waals surface area contributed by atoms with Crippen LogP contribution in [0, 0.1) is 0 Å². The molecule has 1 aromatic heterocycles. The second-order valence-electron chi connectivity index (χ2n) is 4.68. The van der Waals surface area contributed by atoms with Crippen molar-refractivity contribution in [1.29, 1.82) is 0 Å². The number of hydrogen-bond donors (Lipinski definition) is 0. The fourth-order valence-electron chi connectivity index (χ4n) is 1.71. The number of ketones is 2. The third-order valence-corrected chi connectivity index (χ3v) is 2.81. The summed E-state index contributed by atoms with van der Waals surface area (Å²) in [6.07, 6.45) is 7.82. The Morgan fingerprint density at radius 2 is 1.71 bits per heavy atom. The molecule has 0 saturated heterocycles. The van der Waals surface area contributed by atoms with Crippen LogP contribution in [0.4, 0.5) is 0 Å². The number of carbonyl (C=O) groups is 2. The average molecular weight is 293 g/mol. The lowest BCUT2D eigenvalue weighted by Crippen LogP contribution is -2.00. The Morgan fingerprint density at radius 1 is 1.05 bits per heavy atom. The largest absolute Gasteiger partial charge is 0.492 e. The molecule has 0 aliphatic heterocycles. The van der Waals surface area contributed by atoms with E-state index in [4.69, 9.17) is 4.74 Å². The van der Waals surface area contributed by atoms with E-state index < -0.39 is 0 Å². The highest BCUT2D eigenvalue weighted by molar-refractivity contribution is 5.94. The highest BCUT2D eigenvalue weighted by atomic mass is 16.5. The smallest absolute Gasteiger partial charge is 0.161 e. The van der Waals surface area contributed by atoms with E-state index in [2.05, 4.69) is 4.98 Å². The molecule has 0 N–H and O–H groups in total. The molecule has 4 nitrogen and oxygen atoms in total. The lowest BCUT2D eigenvalue weighted by molar-refractivity contribution is -0.117. The second-order valence-corrected chi connectivity index (χ2v) is 4.68. The molecule has 0 atom stereocenters. The third kappa shape index (κ3) is 9.77. The van der Waals surface area contributed by atoms with Gasteiger partial charge in [-0.25, -0.2) is 0 Å². The van der Waals surface area contributed by atoms with Crippen molar-refractivity contribution in [3.8, 4) is 5.75 Å². The Balaban J connectivity index is 0.00000191. The summed E-state index contributed by atoms with van der Waals surface area (Å²) in [6, 6.07) is 1.71. The second kappa shape index (κ2) is 12.1. The van der Waals surface area contributed by atoms with E-state index in [1.165, 1.54) is 13.1 Å². The molecule has 118 valence electrons. The number of pyridine rings is 1. The lowest BCUT2D eigenvalue weighted by atomic mass is 10.1. The van der Waals surface area contributed by atoms with Crippen molar-refractivity contribution in [2.45, 2.75) is 59.8 Å². The summed E-state index contributed by atoms with van der Waals surface area (Å²) < 4.78 is 5.54. The van der Waals surface area contributed by atoms with Crippen LogP contribution in [-0.4, -0.2) is 23.2 Å². The summed E-state index contributed by atoms with van der Waals surface area (Å²) in [6.45, 7) is 7.75. The number of ether oxygens (including phenoxy) is 1. The molecule has 21 heavy (non-hydrogen) atoms. The van der Waals surface area contributed by atoms with Gasteiger partial charge in [-0.15, -0.1) is 0 Å². The Bertz CT molecular complexity index is 430. The van der Waals surface area contributed by atoms with Crippen molar-refractivity contribution in [1.82, 2.24) is 4.98 Å². The van der Waals surface area contributed by atoms with Crippen LogP contribution in [0.5, 0.6) is 5.75 Å². The SMILES string of the molecule is CC.CC(=O)CCCCCCOc1cncc(C(C)=O)c1. The first-order valence-electron chi connectivity index (χ1n) is 7.68. The molecule has 0 aliphatic rings. The topological polar surface area (TPSA) is 56.3 Å². The molecule has 1 rings (SSSR count). The van der Waals surface area contributed by atoms with E-state index >= 15 is 0 Å². The Labute approximate surface area is 127 Å². The summed E-state index contributed by atoms with van der Waals surface area (Å²) in [5.74, 6) is 0.877. The highest BCUT2D eigenvalue weighted by Gasteiger charge is 2.02. The number of carbonyl (C=O) groups excluding carboxylic acids is 2. The Kier molecular flexibility index (Phi) is 11.1. The van der Waals surface area contributed by atoms with E-state index in [0.29, 0.717) is 24.3 Å². The van der Waals surface area contributed by atoms with E-state index in [1.807, 2.05) is 13.8 Å². The summed E-state index contributed by atoms with van der Waals surface area (Å²) in [5.41, 5.74) is 0.568. The minimum Gasteiger partial charge on any atom is -0.492 e. The van der Waals surface area contributed by atoms with Gasteiger partial charge in [0.1, 0.15) is 11.5 Å². The molecule has 0 unspecified atom stereocenters. The van der Waals surface area contributed by atoms with Gasteiger partial charge in [-0.1, -0.05) is 26.7 Å². The van der Waals surface area contributed by atoms with Gasteiger partial charge in [-0.3, -0.25) is 9.78 Å². The molecule has 0 radical (unpaired) electrons. The maximum atomic E-state index is 11.2. The summed E-state index contributed by atoms with van der Waals surface area (Å²) >= 11 is 0. The first kappa shape index (κ1) is 19.3. The zero-order chi connectivity index (χ0) is 16.1. The van der Waals surface area contributed by atoms with Crippen LogP contribution in [0.2, 0.25) is 0 Å². The van der Waals surface area contributed by atoms with Gasteiger partial charge in [-0.2, -0.15) is 0 Å². The number of nitrogens with zero attached hydrogens (tertiary/aromatic N) is 1. The van der Waals surface area contributed by atoms with Gasteiger partial charge in [0.25, 0.3) is 0 Å². The van der Waals surface area contributed by atoms with Gasteiger partial charge in [0.15, 0.2) is 5.78 Å². The van der Waals surface area contributed by atoms with E-state index in [1.54, 1.807) is 19.2 Å². The fourth-order valence-corrected chi connectivity index (χ4v) is 1.71. The molecule has 1 heterocycles. The van der Waals surface area contributed by atoms with Crippen molar-refractivity contribution in [3.05, 3.63) is 24.0 Å². The highest BCUT2D eigenvalue weighted by Crippen LogP contribution is 2.12. The fraction of sp³-hybridized carbons (Fsp3) is 0.588. The molecule has 0 fully saturated rings. The summed E-state index contributed by atoms with van der Waals surface area (Å²) in [5, 5.41) is 0. The van der Waals surface area contributed by atoms with Crippen LogP contribution in [0.1, 0.15) is 70.2 Å². The van der Waals surface area contributed by atoms with Crippen LogP contribution in [-0.2, 0) is 4.79 Å².